The molecule has 0 aliphatic carbocycles. The number of hydrogen-bond donors (Lipinski definition) is 2. The van der Waals surface area contributed by atoms with Gasteiger partial charge in [-0.3, -0.25) is 9.78 Å². The summed E-state index contributed by atoms with van der Waals surface area (Å²) in [6.45, 7) is 2.62. The second kappa shape index (κ2) is 15.5. The third-order valence-electron chi connectivity index (χ3n) is 4.52. The lowest BCUT2D eigenvalue weighted by molar-refractivity contribution is 0.240. The van der Waals surface area contributed by atoms with Gasteiger partial charge in [-0.2, -0.15) is 4.39 Å². The van der Waals surface area contributed by atoms with Crippen LogP contribution in [-0.2, 0) is 0 Å². The number of aromatic amines is 1. The minimum absolute atomic E-state index is 0.399. The Hall–Kier alpha value is -2.44. The Bertz CT molecular complexity index is 765. The van der Waals surface area contributed by atoms with Gasteiger partial charge in [0.2, 0.25) is 5.82 Å². The standard InChI is InChI=1S/C22H34FN3O3/c1-2-3-4-5-6-7-8-9-10-11-12-13-14-15-16-17-24-21(28)26-18-19(23)20(27)25-22(26)29/h6-7,9-10,18H,2-5,8,11-17H2,1H3,(H,24,28)(H,25,27,29)/b7-6+,10-9+. The predicted molar refractivity (Wildman–Crippen MR) is 115 cm³/mol. The Balaban J connectivity index is 2.02. The molecule has 1 aromatic rings. The van der Waals surface area contributed by atoms with E-state index in [9.17, 15) is 18.8 Å². The Morgan fingerprint density at radius 1 is 1.00 bits per heavy atom. The molecule has 7 heteroatoms. The van der Waals surface area contributed by atoms with Crippen LogP contribution < -0.4 is 16.6 Å². The zero-order chi connectivity index (χ0) is 21.3. The summed E-state index contributed by atoms with van der Waals surface area (Å²) < 4.78 is 13.7. The van der Waals surface area contributed by atoms with Crippen LogP contribution in [0.2, 0.25) is 0 Å². The molecule has 1 aromatic heterocycles. The molecule has 0 aromatic carbocycles. The largest absolute Gasteiger partial charge is 0.337 e. The Labute approximate surface area is 171 Å². The minimum Gasteiger partial charge on any atom is -0.337 e. The number of carbonyl (C=O) groups is 1. The molecule has 0 aliphatic heterocycles. The van der Waals surface area contributed by atoms with Gasteiger partial charge >= 0.3 is 11.7 Å². The first kappa shape index (κ1) is 24.6. The van der Waals surface area contributed by atoms with Crippen LogP contribution >= 0.6 is 0 Å². The minimum atomic E-state index is -1.17. The van der Waals surface area contributed by atoms with E-state index in [0.29, 0.717) is 17.3 Å². The smallest absolute Gasteiger partial charge is 0.336 e. The van der Waals surface area contributed by atoms with Gasteiger partial charge in [0.25, 0.3) is 5.56 Å². The molecule has 0 saturated heterocycles. The first-order valence-electron chi connectivity index (χ1n) is 10.7. The van der Waals surface area contributed by atoms with Gasteiger partial charge in [-0.25, -0.2) is 14.2 Å². The lowest BCUT2D eigenvalue weighted by Gasteiger charge is -2.06. The molecule has 0 fully saturated rings. The summed E-state index contributed by atoms with van der Waals surface area (Å²) in [7, 11) is 0. The second-order valence-corrected chi connectivity index (χ2v) is 7.07. The third kappa shape index (κ3) is 11.2. The maximum Gasteiger partial charge on any atom is 0.336 e. The van der Waals surface area contributed by atoms with E-state index in [1.807, 2.05) is 0 Å². The number of hydrogen-bond acceptors (Lipinski definition) is 3. The maximum atomic E-state index is 13.2. The van der Waals surface area contributed by atoms with Crippen molar-refractivity contribution in [1.82, 2.24) is 14.9 Å². The van der Waals surface area contributed by atoms with Gasteiger partial charge in [0.05, 0.1) is 6.20 Å². The number of carbonyl (C=O) groups excluding carboxylic acids is 1. The average Bonchev–Trinajstić information content (AvgIpc) is 2.70. The molecule has 162 valence electrons. The first-order chi connectivity index (χ1) is 14.1. The molecule has 0 saturated carbocycles. The molecule has 0 atom stereocenters. The van der Waals surface area contributed by atoms with Crippen molar-refractivity contribution >= 4 is 6.03 Å². The van der Waals surface area contributed by atoms with Crippen molar-refractivity contribution in [3.05, 3.63) is 57.2 Å². The zero-order valence-corrected chi connectivity index (χ0v) is 17.4. The summed E-state index contributed by atoms with van der Waals surface area (Å²) >= 11 is 0. The topological polar surface area (TPSA) is 84.0 Å². The summed E-state index contributed by atoms with van der Waals surface area (Å²) in [5.74, 6) is -1.17. The second-order valence-electron chi connectivity index (χ2n) is 7.07. The van der Waals surface area contributed by atoms with Gasteiger partial charge in [-0.15, -0.1) is 0 Å². The van der Waals surface area contributed by atoms with Crippen molar-refractivity contribution in [2.24, 2.45) is 0 Å². The number of unbranched alkanes of at least 4 members (excludes halogenated alkanes) is 8. The molecular formula is C22H34FN3O3. The van der Waals surface area contributed by atoms with E-state index in [1.54, 1.807) is 4.98 Å². The Kier molecular flexibility index (Phi) is 13.1. The predicted octanol–water partition coefficient (Wildman–Crippen LogP) is 4.66. The van der Waals surface area contributed by atoms with Crippen molar-refractivity contribution < 1.29 is 9.18 Å². The lowest BCUT2D eigenvalue weighted by atomic mass is 10.1. The molecule has 2 N–H and O–H groups in total. The summed E-state index contributed by atoms with van der Waals surface area (Å²) in [6, 6.07) is -0.741. The van der Waals surface area contributed by atoms with E-state index >= 15 is 0 Å². The zero-order valence-electron chi connectivity index (χ0n) is 17.4. The van der Waals surface area contributed by atoms with Crippen molar-refractivity contribution in [3.8, 4) is 0 Å². The van der Waals surface area contributed by atoms with E-state index < -0.39 is 23.1 Å². The first-order valence-corrected chi connectivity index (χ1v) is 10.7. The van der Waals surface area contributed by atoms with Crippen molar-refractivity contribution in [1.29, 1.82) is 0 Å². The normalized spacial score (nSPS) is 11.5. The fraction of sp³-hybridized carbons (Fsp3) is 0.591. The molecule has 6 nitrogen and oxygen atoms in total. The molecular weight excluding hydrogens is 373 g/mol. The van der Waals surface area contributed by atoms with Crippen LogP contribution in [-0.4, -0.2) is 22.1 Å². The summed E-state index contributed by atoms with van der Waals surface area (Å²) in [6.07, 6.45) is 21.8. The molecule has 0 bridgehead atoms. The van der Waals surface area contributed by atoms with Crippen molar-refractivity contribution in [3.63, 3.8) is 0 Å². The summed E-state index contributed by atoms with van der Waals surface area (Å²) in [4.78, 5) is 36.0. The third-order valence-corrected chi connectivity index (χ3v) is 4.52. The highest BCUT2D eigenvalue weighted by atomic mass is 19.1. The van der Waals surface area contributed by atoms with Crippen LogP contribution in [0.15, 0.2) is 40.1 Å². The molecule has 0 aliphatic rings. The fourth-order valence-electron chi connectivity index (χ4n) is 2.82. The molecule has 0 radical (unpaired) electrons. The highest BCUT2D eigenvalue weighted by Gasteiger charge is 2.09. The van der Waals surface area contributed by atoms with E-state index in [4.69, 9.17) is 0 Å². The van der Waals surface area contributed by atoms with E-state index in [-0.39, 0.29) is 0 Å². The summed E-state index contributed by atoms with van der Waals surface area (Å²) in [5.41, 5.74) is -2.08. The van der Waals surface area contributed by atoms with Crippen LogP contribution in [0.5, 0.6) is 0 Å². The monoisotopic (exact) mass is 407 g/mol. The molecule has 29 heavy (non-hydrogen) atoms. The van der Waals surface area contributed by atoms with E-state index in [1.165, 1.54) is 25.7 Å². The molecule has 1 heterocycles. The number of allylic oxidation sites excluding steroid dienone is 4. The van der Waals surface area contributed by atoms with Crippen molar-refractivity contribution in [2.45, 2.75) is 77.6 Å². The number of amides is 1. The van der Waals surface area contributed by atoms with Gasteiger partial charge in [0.15, 0.2) is 0 Å². The maximum absolute atomic E-state index is 13.2. The highest BCUT2D eigenvalue weighted by molar-refractivity contribution is 5.76. The fourth-order valence-corrected chi connectivity index (χ4v) is 2.82. The molecule has 1 amide bonds. The Morgan fingerprint density at radius 3 is 2.31 bits per heavy atom. The van der Waals surface area contributed by atoms with E-state index in [2.05, 4.69) is 36.5 Å². The quantitative estimate of drug-likeness (QED) is 0.348. The SMILES string of the molecule is CCCCC/C=C/C/C=C/CCCCCCCNC(=O)n1cc(F)c(=O)[nH]c1=O. The molecule has 0 unspecified atom stereocenters. The number of nitrogens with one attached hydrogen (secondary N) is 2. The van der Waals surface area contributed by atoms with Gasteiger partial charge in [-0.05, 0) is 38.5 Å². The van der Waals surface area contributed by atoms with Gasteiger partial charge in [0.1, 0.15) is 0 Å². The van der Waals surface area contributed by atoms with Gasteiger partial charge in [0, 0.05) is 6.54 Å². The van der Waals surface area contributed by atoms with Crippen LogP contribution in [0.4, 0.5) is 9.18 Å². The number of nitrogens with zero attached hydrogens (tertiary/aromatic N) is 1. The number of rotatable bonds is 14. The molecule has 0 spiro atoms. The van der Waals surface area contributed by atoms with E-state index in [0.717, 1.165) is 44.9 Å². The average molecular weight is 408 g/mol. The van der Waals surface area contributed by atoms with Crippen LogP contribution in [0.3, 0.4) is 0 Å². The number of halogens is 1. The van der Waals surface area contributed by atoms with Gasteiger partial charge in [-0.1, -0.05) is 63.3 Å². The van der Waals surface area contributed by atoms with Crippen LogP contribution in [0.25, 0.3) is 0 Å². The van der Waals surface area contributed by atoms with Gasteiger partial charge < -0.3 is 5.32 Å². The van der Waals surface area contributed by atoms with Crippen molar-refractivity contribution in [2.75, 3.05) is 6.54 Å². The Morgan fingerprint density at radius 2 is 1.62 bits per heavy atom. The number of H-pyrrole nitrogens is 1. The van der Waals surface area contributed by atoms with Crippen LogP contribution in [0, 0.1) is 5.82 Å². The number of aromatic nitrogens is 2. The highest BCUT2D eigenvalue weighted by Crippen LogP contribution is 2.06. The molecule has 1 rings (SSSR count). The van der Waals surface area contributed by atoms with Crippen LogP contribution in [0.1, 0.15) is 77.6 Å². The summed E-state index contributed by atoms with van der Waals surface area (Å²) in [5, 5.41) is 2.55. The lowest BCUT2D eigenvalue weighted by Crippen LogP contribution is -2.40.